The lowest BCUT2D eigenvalue weighted by molar-refractivity contribution is -0.130. The predicted molar refractivity (Wildman–Crippen MR) is 68.7 cm³/mol. The van der Waals surface area contributed by atoms with Crippen LogP contribution in [0.4, 0.5) is 0 Å². The minimum absolute atomic E-state index is 0.0919. The minimum Gasteiger partial charge on any atom is -0.506 e. The lowest BCUT2D eigenvalue weighted by Crippen LogP contribution is -2.44. The molecule has 0 bridgehead atoms. The second kappa shape index (κ2) is 5.73. The van der Waals surface area contributed by atoms with Crippen molar-refractivity contribution in [1.82, 2.24) is 10.2 Å². The van der Waals surface area contributed by atoms with E-state index in [-0.39, 0.29) is 22.2 Å². The summed E-state index contributed by atoms with van der Waals surface area (Å²) in [6.07, 6.45) is 0. The fraction of sp³-hybridized carbons (Fsp3) is 0.333. The molecule has 0 aliphatic rings. The van der Waals surface area contributed by atoms with Gasteiger partial charge in [-0.1, -0.05) is 11.6 Å². The van der Waals surface area contributed by atoms with Crippen LogP contribution in [0.2, 0.25) is 5.02 Å². The van der Waals surface area contributed by atoms with Crippen LogP contribution in [-0.4, -0.2) is 42.0 Å². The van der Waals surface area contributed by atoms with E-state index in [4.69, 9.17) is 11.6 Å². The summed E-state index contributed by atoms with van der Waals surface area (Å²) in [5.74, 6) is -0.710. The van der Waals surface area contributed by atoms with E-state index in [0.29, 0.717) is 0 Å². The van der Waals surface area contributed by atoms with Crippen LogP contribution in [0.15, 0.2) is 18.2 Å². The number of nitrogens with one attached hydrogen (secondary N) is 1. The molecule has 2 amide bonds. The van der Waals surface area contributed by atoms with E-state index in [9.17, 15) is 14.7 Å². The summed E-state index contributed by atoms with van der Waals surface area (Å²) in [7, 11) is 3.23. The van der Waals surface area contributed by atoms with Crippen molar-refractivity contribution in [3.8, 4) is 5.75 Å². The topological polar surface area (TPSA) is 69.6 Å². The van der Waals surface area contributed by atoms with Gasteiger partial charge in [0, 0.05) is 19.7 Å². The molecular weight excluding hydrogens is 256 g/mol. The number of benzene rings is 1. The molecule has 0 spiro atoms. The van der Waals surface area contributed by atoms with Crippen LogP contribution in [0, 0.1) is 0 Å². The number of phenols is 1. The van der Waals surface area contributed by atoms with Crippen molar-refractivity contribution in [3.63, 3.8) is 0 Å². The molecule has 0 fully saturated rings. The fourth-order valence-corrected chi connectivity index (χ4v) is 1.56. The van der Waals surface area contributed by atoms with Crippen LogP contribution in [0.5, 0.6) is 5.75 Å². The maximum Gasteiger partial charge on any atom is 0.251 e. The zero-order valence-corrected chi connectivity index (χ0v) is 11.2. The summed E-state index contributed by atoms with van der Waals surface area (Å²) in [6.45, 7) is 1.60. The number of phenolic OH excluding ortho intramolecular Hbond substituents is 1. The Hall–Kier alpha value is -1.75. The number of aromatic hydroxyl groups is 1. The van der Waals surface area contributed by atoms with Gasteiger partial charge in [0.25, 0.3) is 5.91 Å². The van der Waals surface area contributed by atoms with E-state index < -0.39 is 11.9 Å². The van der Waals surface area contributed by atoms with Crippen LogP contribution in [-0.2, 0) is 4.79 Å². The van der Waals surface area contributed by atoms with Gasteiger partial charge in [0.2, 0.25) is 5.91 Å². The first-order valence-electron chi connectivity index (χ1n) is 5.33. The number of likely N-dealkylation sites (N-methyl/N-ethyl adjacent to an activating group) is 1. The Kier molecular flexibility index (Phi) is 4.55. The van der Waals surface area contributed by atoms with Gasteiger partial charge in [0.1, 0.15) is 11.8 Å². The lowest BCUT2D eigenvalue weighted by atomic mass is 10.2. The van der Waals surface area contributed by atoms with Gasteiger partial charge in [0.15, 0.2) is 0 Å². The smallest absolute Gasteiger partial charge is 0.251 e. The van der Waals surface area contributed by atoms with E-state index in [1.165, 1.54) is 23.1 Å². The summed E-state index contributed by atoms with van der Waals surface area (Å²) in [5.41, 5.74) is 0.288. The van der Waals surface area contributed by atoms with Gasteiger partial charge in [-0.2, -0.15) is 0 Å². The van der Waals surface area contributed by atoms with Crippen LogP contribution in [0.25, 0.3) is 0 Å². The van der Waals surface area contributed by atoms with E-state index in [0.717, 1.165) is 0 Å². The fourth-order valence-electron chi connectivity index (χ4n) is 1.38. The number of carbonyl (C=O) groups is 2. The van der Waals surface area contributed by atoms with Gasteiger partial charge < -0.3 is 15.3 Å². The molecule has 5 nitrogen and oxygen atoms in total. The Bertz CT molecular complexity index is 474. The third kappa shape index (κ3) is 3.37. The number of hydrogen-bond acceptors (Lipinski definition) is 3. The van der Waals surface area contributed by atoms with Crippen molar-refractivity contribution in [2.45, 2.75) is 13.0 Å². The Morgan fingerprint density at radius 1 is 1.39 bits per heavy atom. The molecule has 6 heteroatoms. The molecule has 1 atom stereocenters. The number of hydrogen-bond donors (Lipinski definition) is 2. The van der Waals surface area contributed by atoms with Crippen molar-refractivity contribution in [3.05, 3.63) is 28.8 Å². The second-order valence-electron chi connectivity index (χ2n) is 4.09. The molecular formula is C12H15ClN2O3. The highest BCUT2D eigenvalue weighted by atomic mass is 35.5. The molecule has 0 aromatic heterocycles. The van der Waals surface area contributed by atoms with Crippen molar-refractivity contribution in [2.75, 3.05) is 14.1 Å². The van der Waals surface area contributed by atoms with Crippen molar-refractivity contribution >= 4 is 23.4 Å². The van der Waals surface area contributed by atoms with Crippen LogP contribution >= 0.6 is 11.6 Å². The average molecular weight is 271 g/mol. The van der Waals surface area contributed by atoms with Gasteiger partial charge in [-0.25, -0.2) is 0 Å². The van der Waals surface area contributed by atoms with Crippen molar-refractivity contribution in [2.24, 2.45) is 0 Å². The molecule has 0 aliphatic carbocycles. The summed E-state index contributed by atoms with van der Waals surface area (Å²) in [4.78, 5) is 24.8. The van der Waals surface area contributed by atoms with E-state index in [2.05, 4.69) is 5.32 Å². The molecule has 0 aliphatic heterocycles. The summed E-state index contributed by atoms with van der Waals surface area (Å²) >= 11 is 5.70. The second-order valence-corrected chi connectivity index (χ2v) is 4.50. The largest absolute Gasteiger partial charge is 0.506 e. The molecule has 0 saturated heterocycles. The van der Waals surface area contributed by atoms with Gasteiger partial charge in [-0.05, 0) is 25.1 Å². The number of carbonyl (C=O) groups excluding carboxylic acids is 2. The SMILES string of the molecule is CC(NC(=O)c1ccc(O)c(Cl)c1)C(=O)N(C)C. The molecule has 1 aromatic rings. The summed E-state index contributed by atoms with van der Waals surface area (Å²) < 4.78 is 0. The lowest BCUT2D eigenvalue weighted by Gasteiger charge is -2.18. The van der Waals surface area contributed by atoms with E-state index in [1.807, 2.05) is 0 Å². The monoisotopic (exact) mass is 270 g/mol. The Balaban J connectivity index is 2.76. The van der Waals surface area contributed by atoms with Crippen molar-refractivity contribution < 1.29 is 14.7 Å². The zero-order valence-electron chi connectivity index (χ0n) is 10.4. The normalized spacial score (nSPS) is 11.8. The third-order valence-electron chi connectivity index (χ3n) is 2.37. The first-order chi connectivity index (χ1) is 8.32. The number of nitrogens with zero attached hydrogens (tertiary/aromatic N) is 1. The maximum atomic E-state index is 11.8. The molecule has 1 rings (SSSR count). The summed E-state index contributed by atoms with van der Waals surface area (Å²) in [6, 6.07) is 3.48. The van der Waals surface area contributed by atoms with Crippen LogP contribution < -0.4 is 5.32 Å². The Morgan fingerprint density at radius 2 is 2.00 bits per heavy atom. The van der Waals surface area contributed by atoms with Gasteiger partial charge in [0.05, 0.1) is 5.02 Å². The quantitative estimate of drug-likeness (QED) is 0.869. The highest BCUT2D eigenvalue weighted by Crippen LogP contribution is 2.23. The van der Waals surface area contributed by atoms with Crippen LogP contribution in [0.3, 0.4) is 0 Å². The van der Waals surface area contributed by atoms with E-state index >= 15 is 0 Å². The molecule has 2 N–H and O–H groups in total. The summed E-state index contributed by atoms with van der Waals surface area (Å²) in [5, 5.41) is 11.9. The number of halogens is 1. The highest BCUT2D eigenvalue weighted by molar-refractivity contribution is 6.32. The third-order valence-corrected chi connectivity index (χ3v) is 2.67. The minimum atomic E-state index is -0.625. The van der Waals surface area contributed by atoms with Crippen LogP contribution in [0.1, 0.15) is 17.3 Å². The highest BCUT2D eigenvalue weighted by Gasteiger charge is 2.18. The van der Waals surface area contributed by atoms with Gasteiger partial charge in [-0.15, -0.1) is 0 Å². The molecule has 18 heavy (non-hydrogen) atoms. The average Bonchev–Trinajstić information content (AvgIpc) is 2.31. The molecule has 0 radical (unpaired) electrons. The van der Waals surface area contributed by atoms with E-state index in [1.54, 1.807) is 21.0 Å². The van der Waals surface area contributed by atoms with Gasteiger partial charge >= 0.3 is 0 Å². The predicted octanol–water partition coefficient (Wildman–Crippen LogP) is 1.25. The Morgan fingerprint density at radius 3 is 2.50 bits per heavy atom. The molecule has 98 valence electrons. The van der Waals surface area contributed by atoms with Crippen molar-refractivity contribution in [1.29, 1.82) is 0 Å². The number of rotatable bonds is 3. The molecule has 0 heterocycles. The Labute approximate surface area is 110 Å². The molecule has 1 unspecified atom stereocenters. The zero-order chi connectivity index (χ0) is 13.9. The first kappa shape index (κ1) is 14.3. The first-order valence-corrected chi connectivity index (χ1v) is 5.71. The maximum absolute atomic E-state index is 11.8. The molecule has 1 aromatic carbocycles. The molecule has 0 saturated carbocycles. The van der Waals surface area contributed by atoms with Gasteiger partial charge in [-0.3, -0.25) is 9.59 Å². The standard InChI is InChI=1S/C12H15ClN2O3/c1-7(12(18)15(2)3)14-11(17)8-4-5-10(16)9(13)6-8/h4-7,16H,1-3H3,(H,14,17). The number of amides is 2.